The number of methoxy groups -OCH3 is 1. The fourth-order valence-electron chi connectivity index (χ4n) is 3.54. The van der Waals surface area contributed by atoms with E-state index < -0.39 is 11.9 Å². The molecule has 4 nitrogen and oxygen atoms in total. The zero-order chi connectivity index (χ0) is 22.6. The maximum atomic E-state index is 12.2. The van der Waals surface area contributed by atoms with Crippen LogP contribution in [0.5, 0.6) is 0 Å². The maximum Gasteiger partial charge on any atom is 0.339 e. The largest absolute Gasteiger partial charge is 0.465 e. The van der Waals surface area contributed by atoms with Crippen molar-refractivity contribution in [3.05, 3.63) is 47.5 Å². The molecule has 0 fully saturated rings. The first-order chi connectivity index (χ1) is 15.2. The van der Waals surface area contributed by atoms with E-state index in [1.165, 1.54) is 77.7 Å². The Morgan fingerprint density at radius 2 is 1.19 bits per heavy atom. The zero-order valence-electron chi connectivity index (χ0n) is 19.7. The summed E-state index contributed by atoms with van der Waals surface area (Å²) in [5, 5.41) is 0. The van der Waals surface area contributed by atoms with E-state index in [9.17, 15) is 9.59 Å². The van der Waals surface area contributed by atoms with Gasteiger partial charge in [-0.1, -0.05) is 89.0 Å². The molecule has 0 aliphatic heterocycles. The summed E-state index contributed by atoms with van der Waals surface area (Å²) in [6.45, 7) is 2.64. The Morgan fingerprint density at radius 3 is 1.74 bits per heavy atom. The number of carbonyl (C=O) groups excluding carboxylic acids is 2. The minimum Gasteiger partial charge on any atom is -0.465 e. The topological polar surface area (TPSA) is 52.6 Å². The lowest BCUT2D eigenvalue weighted by atomic mass is 10.1. The Hall–Kier alpha value is -2.10. The van der Waals surface area contributed by atoms with Crippen molar-refractivity contribution in [3.8, 4) is 0 Å². The molecule has 0 aliphatic rings. The lowest BCUT2D eigenvalue weighted by Crippen LogP contribution is -2.13. The smallest absolute Gasteiger partial charge is 0.339 e. The fourth-order valence-corrected chi connectivity index (χ4v) is 3.54. The van der Waals surface area contributed by atoms with Crippen LogP contribution in [0.4, 0.5) is 0 Å². The van der Waals surface area contributed by atoms with Crippen LogP contribution >= 0.6 is 0 Å². The van der Waals surface area contributed by atoms with Crippen LogP contribution in [0.3, 0.4) is 0 Å². The number of unbranched alkanes of at least 4 members (excludes halogenated alkanes) is 12. The van der Waals surface area contributed by atoms with Gasteiger partial charge in [-0.25, -0.2) is 9.59 Å². The minimum absolute atomic E-state index is 0.246. The van der Waals surface area contributed by atoms with E-state index in [4.69, 9.17) is 9.47 Å². The van der Waals surface area contributed by atoms with Gasteiger partial charge < -0.3 is 9.47 Å². The molecule has 0 amide bonds. The predicted octanol–water partition coefficient (Wildman–Crippen LogP) is 7.67. The van der Waals surface area contributed by atoms with Crippen molar-refractivity contribution in [3.63, 3.8) is 0 Å². The molecule has 0 spiro atoms. The third kappa shape index (κ3) is 13.0. The molecule has 1 aromatic carbocycles. The summed E-state index contributed by atoms with van der Waals surface area (Å²) in [6.07, 6.45) is 22.1. The molecule has 1 aromatic rings. The number of hydrogen-bond acceptors (Lipinski definition) is 4. The number of allylic oxidation sites excluding steroid dienone is 2. The summed E-state index contributed by atoms with van der Waals surface area (Å²) >= 11 is 0. The van der Waals surface area contributed by atoms with Gasteiger partial charge in [0.05, 0.1) is 24.8 Å². The molecule has 0 unspecified atom stereocenters. The first-order valence-corrected chi connectivity index (χ1v) is 12.2. The SMILES string of the molecule is CCCCCCCC/C=C\CCCCCCCCOC(=O)c1ccccc1C(=O)OC. The third-order valence-electron chi connectivity index (χ3n) is 5.44. The van der Waals surface area contributed by atoms with Crippen molar-refractivity contribution in [1.82, 2.24) is 0 Å². The van der Waals surface area contributed by atoms with E-state index in [1.807, 2.05) is 0 Å². The highest BCUT2D eigenvalue weighted by molar-refractivity contribution is 6.03. The van der Waals surface area contributed by atoms with Crippen molar-refractivity contribution < 1.29 is 19.1 Å². The second kappa shape index (κ2) is 18.7. The van der Waals surface area contributed by atoms with Crippen molar-refractivity contribution in [2.24, 2.45) is 0 Å². The van der Waals surface area contributed by atoms with Gasteiger partial charge in [-0.15, -0.1) is 0 Å². The van der Waals surface area contributed by atoms with Crippen LogP contribution in [0, 0.1) is 0 Å². The van der Waals surface area contributed by atoms with Gasteiger partial charge in [0.1, 0.15) is 0 Å². The Bertz CT molecular complexity index is 636. The normalized spacial score (nSPS) is 11.0. The van der Waals surface area contributed by atoms with E-state index in [0.717, 1.165) is 19.3 Å². The first-order valence-electron chi connectivity index (χ1n) is 12.2. The van der Waals surface area contributed by atoms with E-state index in [2.05, 4.69) is 19.1 Å². The molecule has 0 aromatic heterocycles. The second-order valence-corrected chi connectivity index (χ2v) is 8.11. The van der Waals surface area contributed by atoms with Gasteiger partial charge in [0.25, 0.3) is 0 Å². The van der Waals surface area contributed by atoms with Gasteiger partial charge in [-0.05, 0) is 44.2 Å². The Balaban J connectivity index is 1.98. The molecule has 0 bridgehead atoms. The third-order valence-corrected chi connectivity index (χ3v) is 5.44. The van der Waals surface area contributed by atoms with Gasteiger partial charge in [-0.2, -0.15) is 0 Å². The summed E-state index contributed by atoms with van der Waals surface area (Å²) in [6, 6.07) is 6.59. The lowest BCUT2D eigenvalue weighted by molar-refractivity contribution is 0.0480. The van der Waals surface area contributed by atoms with Crippen LogP contribution in [-0.2, 0) is 9.47 Å². The summed E-state index contributed by atoms with van der Waals surface area (Å²) in [5.74, 6) is -0.987. The van der Waals surface area contributed by atoms with Gasteiger partial charge in [0.15, 0.2) is 0 Å². The summed E-state index contributed by atoms with van der Waals surface area (Å²) in [7, 11) is 1.30. The number of carbonyl (C=O) groups is 2. The van der Waals surface area contributed by atoms with Crippen LogP contribution in [0.2, 0.25) is 0 Å². The Labute approximate surface area is 189 Å². The van der Waals surface area contributed by atoms with Crippen molar-refractivity contribution in [2.75, 3.05) is 13.7 Å². The molecule has 0 aliphatic carbocycles. The van der Waals surface area contributed by atoms with E-state index in [1.54, 1.807) is 24.3 Å². The molecule has 0 atom stereocenters. The number of ether oxygens (including phenoxy) is 2. The molecule has 0 N–H and O–H groups in total. The molecular formula is C27H42O4. The standard InChI is InChI=1S/C27H42O4/c1-3-4-5-6-7-8-9-10-11-12-13-14-15-16-17-20-23-31-27(29)25-22-19-18-21-24(25)26(28)30-2/h10-11,18-19,21-22H,3-9,12-17,20,23H2,1-2H3/b11-10-. The molecular weight excluding hydrogens is 388 g/mol. The molecule has 0 radical (unpaired) electrons. The van der Waals surface area contributed by atoms with Crippen LogP contribution in [0.25, 0.3) is 0 Å². The quantitative estimate of drug-likeness (QED) is 0.136. The predicted molar refractivity (Wildman–Crippen MR) is 128 cm³/mol. The molecule has 0 saturated heterocycles. The van der Waals surface area contributed by atoms with Crippen molar-refractivity contribution >= 4 is 11.9 Å². The second-order valence-electron chi connectivity index (χ2n) is 8.11. The van der Waals surface area contributed by atoms with Crippen LogP contribution in [0.15, 0.2) is 36.4 Å². The number of benzene rings is 1. The summed E-state index contributed by atoms with van der Waals surface area (Å²) in [4.78, 5) is 23.9. The molecule has 1 rings (SSSR count). The average Bonchev–Trinajstić information content (AvgIpc) is 2.80. The van der Waals surface area contributed by atoms with E-state index in [0.29, 0.717) is 6.61 Å². The fraction of sp³-hybridized carbons (Fsp3) is 0.630. The monoisotopic (exact) mass is 430 g/mol. The summed E-state index contributed by atoms with van der Waals surface area (Å²) in [5.41, 5.74) is 0.509. The molecule has 0 heterocycles. The van der Waals surface area contributed by atoms with E-state index in [-0.39, 0.29) is 11.1 Å². The van der Waals surface area contributed by atoms with Gasteiger partial charge in [0, 0.05) is 0 Å². The van der Waals surface area contributed by atoms with Crippen LogP contribution in [-0.4, -0.2) is 25.7 Å². The molecule has 4 heteroatoms. The first kappa shape index (κ1) is 26.9. The number of hydrogen-bond donors (Lipinski definition) is 0. The number of rotatable bonds is 18. The van der Waals surface area contributed by atoms with Gasteiger partial charge >= 0.3 is 11.9 Å². The Kier molecular flexibility index (Phi) is 16.2. The highest BCUT2D eigenvalue weighted by Gasteiger charge is 2.17. The highest BCUT2D eigenvalue weighted by atomic mass is 16.5. The zero-order valence-corrected chi connectivity index (χ0v) is 19.7. The molecule has 31 heavy (non-hydrogen) atoms. The maximum absolute atomic E-state index is 12.2. The molecule has 174 valence electrons. The average molecular weight is 431 g/mol. The van der Waals surface area contributed by atoms with Crippen molar-refractivity contribution in [2.45, 2.75) is 96.8 Å². The minimum atomic E-state index is -0.523. The van der Waals surface area contributed by atoms with Crippen LogP contribution < -0.4 is 0 Å². The van der Waals surface area contributed by atoms with Gasteiger partial charge in [0.2, 0.25) is 0 Å². The van der Waals surface area contributed by atoms with Crippen molar-refractivity contribution in [1.29, 1.82) is 0 Å². The van der Waals surface area contributed by atoms with E-state index >= 15 is 0 Å². The van der Waals surface area contributed by atoms with Crippen LogP contribution in [0.1, 0.15) is 118 Å². The molecule has 0 saturated carbocycles. The van der Waals surface area contributed by atoms with Gasteiger partial charge in [-0.3, -0.25) is 0 Å². The Morgan fingerprint density at radius 1 is 0.710 bits per heavy atom. The lowest BCUT2D eigenvalue weighted by Gasteiger charge is -2.08. The number of esters is 2. The highest BCUT2D eigenvalue weighted by Crippen LogP contribution is 2.13. The summed E-state index contributed by atoms with van der Waals surface area (Å²) < 4.78 is 10.0.